The molecule has 2 nitrogen and oxygen atoms in total. The Kier molecular flexibility index (Phi) is 4.96. The molecule has 0 unspecified atom stereocenters. The Morgan fingerprint density at radius 1 is 0.806 bits per heavy atom. The minimum Gasteiger partial charge on any atom is -0.393 e. The first-order valence-electron chi connectivity index (χ1n) is 13.4. The molecule has 0 aliphatic heterocycles. The monoisotopic (exact) mass is 428 g/mol. The smallest absolute Gasteiger partial charge is 0.0605 e. The lowest BCUT2D eigenvalue weighted by Crippen LogP contribution is -2.70. The third-order valence-corrected chi connectivity index (χ3v) is 13.0. The Balaban J connectivity index is 1.57. The van der Waals surface area contributed by atoms with E-state index in [0.717, 1.165) is 37.0 Å². The number of rotatable bonds is 1. The molecule has 5 aliphatic carbocycles. The van der Waals surface area contributed by atoms with Gasteiger partial charge in [0.2, 0.25) is 0 Å². The number of aliphatic hydroxyl groups is 2. The van der Waals surface area contributed by atoms with Gasteiger partial charge in [0.25, 0.3) is 0 Å². The predicted molar refractivity (Wildman–Crippen MR) is 127 cm³/mol. The first-order chi connectivity index (χ1) is 14.4. The van der Waals surface area contributed by atoms with Crippen LogP contribution >= 0.6 is 0 Å². The van der Waals surface area contributed by atoms with Gasteiger partial charge >= 0.3 is 0 Å². The number of aliphatic hydroxyl groups excluding tert-OH is 2. The molecule has 0 aromatic heterocycles. The van der Waals surface area contributed by atoms with E-state index in [2.05, 4.69) is 48.1 Å². The summed E-state index contributed by atoms with van der Waals surface area (Å²) in [5, 5.41) is 22.8. The van der Waals surface area contributed by atoms with Crippen molar-refractivity contribution in [1.29, 1.82) is 0 Å². The molecular weight excluding hydrogens is 380 g/mol. The summed E-state index contributed by atoms with van der Waals surface area (Å²) in [6.45, 7) is 18.8. The molecule has 5 fully saturated rings. The van der Waals surface area contributed by atoms with Crippen LogP contribution in [0.25, 0.3) is 0 Å². The van der Waals surface area contributed by atoms with Crippen LogP contribution < -0.4 is 0 Å². The van der Waals surface area contributed by atoms with Crippen LogP contribution in [0, 0.1) is 57.2 Å². The molecule has 0 spiro atoms. The normalized spacial score (nSPS) is 57.9. The summed E-state index contributed by atoms with van der Waals surface area (Å²) >= 11 is 0. The van der Waals surface area contributed by atoms with Gasteiger partial charge in [-0.15, -0.1) is 0 Å². The summed E-state index contributed by atoms with van der Waals surface area (Å²) in [5.74, 6) is 4.06. The maximum atomic E-state index is 12.0. The van der Waals surface area contributed by atoms with Crippen LogP contribution in [0.3, 0.4) is 0 Å². The largest absolute Gasteiger partial charge is 0.393 e. The van der Waals surface area contributed by atoms with Gasteiger partial charge in [0.1, 0.15) is 0 Å². The molecular formula is C29H48O2. The standard InChI is InChI=1S/C29H48O2/c1-17(2)19-9-8-18-12-15-28(6)20(25(18)19)10-11-21-27(5)14-13-23(30)26(3,4)22(27)16-24(31)29(21,28)7/h18-25,30-31H,1,8-16H2,2-7H3/t18-,19+,20-,21-,22+,23+,24+,25-,27-,28-,29+/m1/s1. The van der Waals surface area contributed by atoms with Crippen molar-refractivity contribution in [3.8, 4) is 0 Å². The second kappa shape index (κ2) is 6.84. The third kappa shape index (κ3) is 2.64. The minimum atomic E-state index is -0.255. The zero-order chi connectivity index (χ0) is 22.6. The molecule has 0 saturated heterocycles. The highest BCUT2D eigenvalue weighted by molar-refractivity contribution is 5.21. The fourth-order valence-electron chi connectivity index (χ4n) is 11.1. The lowest BCUT2D eigenvalue weighted by molar-refractivity contribution is -0.278. The average Bonchev–Trinajstić information content (AvgIpc) is 3.13. The van der Waals surface area contributed by atoms with Crippen molar-refractivity contribution in [2.75, 3.05) is 0 Å². The van der Waals surface area contributed by atoms with Gasteiger partial charge in [0.05, 0.1) is 12.2 Å². The fraction of sp³-hybridized carbons (Fsp3) is 0.931. The van der Waals surface area contributed by atoms with Crippen LogP contribution in [-0.2, 0) is 0 Å². The second-order valence-electron chi connectivity index (χ2n) is 14.0. The van der Waals surface area contributed by atoms with Gasteiger partial charge in [-0.05, 0) is 116 Å². The zero-order valence-electron chi connectivity index (χ0n) is 21.1. The molecule has 2 N–H and O–H groups in total. The summed E-state index contributed by atoms with van der Waals surface area (Å²) in [7, 11) is 0. The van der Waals surface area contributed by atoms with Crippen LogP contribution in [0.1, 0.15) is 99.3 Å². The van der Waals surface area contributed by atoms with Gasteiger partial charge < -0.3 is 10.2 Å². The van der Waals surface area contributed by atoms with Crippen molar-refractivity contribution >= 4 is 0 Å². The van der Waals surface area contributed by atoms with E-state index in [1.165, 1.54) is 44.1 Å². The Morgan fingerprint density at radius 3 is 2.19 bits per heavy atom. The third-order valence-electron chi connectivity index (χ3n) is 13.0. The van der Waals surface area contributed by atoms with Crippen molar-refractivity contribution in [1.82, 2.24) is 0 Å². The first-order valence-corrected chi connectivity index (χ1v) is 13.4. The molecule has 0 amide bonds. The van der Waals surface area contributed by atoms with E-state index in [-0.39, 0.29) is 33.9 Å². The van der Waals surface area contributed by atoms with E-state index < -0.39 is 0 Å². The van der Waals surface area contributed by atoms with Crippen molar-refractivity contribution in [3.63, 3.8) is 0 Å². The molecule has 2 heteroatoms. The summed E-state index contributed by atoms with van der Waals surface area (Å²) < 4.78 is 0. The molecule has 176 valence electrons. The highest BCUT2D eigenvalue weighted by atomic mass is 16.3. The van der Waals surface area contributed by atoms with E-state index >= 15 is 0 Å². The lowest BCUT2D eigenvalue weighted by atomic mass is 9.32. The maximum Gasteiger partial charge on any atom is 0.0605 e. The van der Waals surface area contributed by atoms with Crippen molar-refractivity contribution in [2.24, 2.45) is 57.2 Å². The summed E-state index contributed by atoms with van der Waals surface area (Å²) in [6.07, 6.45) is 10.4. The molecule has 0 bridgehead atoms. The predicted octanol–water partition coefficient (Wildman–Crippen LogP) is 6.61. The zero-order valence-corrected chi connectivity index (χ0v) is 21.1. The molecule has 0 radical (unpaired) electrons. The van der Waals surface area contributed by atoms with Crippen LogP contribution in [0.5, 0.6) is 0 Å². The Bertz CT molecular complexity index is 756. The van der Waals surface area contributed by atoms with Gasteiger partial charge in [0, 0.05) is 5.41 Å². The van der Waals surface area contributed by atoms with E-state index in [9.17, 15) is 10.2 Å². The van der Waals surface area contributed by atoms with E-state index in [4.69, 9.17) is 0 Å². The molecule has 0 aromatic carbocycles. The minimum absolute atomic E-state index is 0.0211. The first kappa shape index (κ1) is 22.5. The topological polar surface area (TPSA) is 40.5 Å². The van der Waals surface area contributed by atoms with Crippen LogP contribution in [0.15, 0.2) is 12.2 Å². The Hall–Kier alpha value is -0.340. The van der Waals surface area contributed by atoms with Crippen molar-refractivity contribution < 1.29 is 10.2 Å². The van der Waals surface area contributed by atoms with E-state index in [1.807, 2.05) is 0 Å². The summed E-state index contributed by atoms with van der Waals surface area (Å²) in [6, 6.07) is 0. The Morgan fingerprint density at radius 2 is 1.52 bits per heavy atom. The van der Waals surface area contributed by atoms with Gasteiger partial charge in [-0.3, -0.25) is 0 Å². The molecule has 5 aliphatic rings. The summed E-state index contributed by atoms with van der Waals surface area (Å²) in [4.78, 5) is 0. The number of hydrogen-bond acceptors (Lipinski definition) is 2. The molecule has 31 heavy (non-hydrogen) atoms. The van der Waals surface area contributed by atoms with Gasteiger partial charge in [-0.1, -0.05) is 46.8 Å². The van der Waals surface area contributed by atoms with E-state index in [0.29, 0.717) is 17.8 Å². The van der Waals surface area contributed by atoms with Crippen LogP contribution in [-0.4, -0.2) is 22.4 Å². The number of hydrogen-bond donors (Lipinski definition) is 2. The highest BCUT2D eigenvalue weighted by Crippen LogP contribution is 2.75. The van der Waals surface area contributed by atoms with Gasteiger partial charge in [-0.25, -0.2) is 0 Å². The molecule has 11 atom stereocenters. The molecule has 5 rings (SSSR count). The average molecular weight is 429 g/mol. The Labute approximate surface area is 191 Å². The summed E-state index contributed by atoms with van der Waals surface area (Å²) in [5.41, 5.74) is 1.71. The quantitative estimate of drug-likeness (QED) is 0.462. The van der Waals surface area contributed by atoms with Crippen molar-refractivity contribution in [2.45, 2.75) is 112 Å². The van der Waals surface area contributed by atoms with Gasteiger partial charge in [-0.2, -0.15) is 0 Å². The van der Waals surface area contributed by atoms with Gasteiger partial charge in [0.15, 0.2) is 0 Å². The molecule has 5 saturated carbocycles. The highest BCUT2D eigenvalue weighted by Gasteiger charge is 2.71. The second-order valence-corrected chi connectivity index (χ2v) is 14.0. The van der Waals surface area contributed by atoms with Crippen molar-refractivity contribution in [3.05, 3.63) is 12.2 Å². The van der Waals surface area contributed by atoms with E-state index in [1.54, 1.807) is 0 Å². The number of fused-ring (bicyclic) bond motifs is 7. The SMILES string of the molecule is C=C(C)[C@@H]1CC[C@@H]2CC[C@]3(C)[C@H](CC[C@@H]4[C@@]5(C)CC[C@H](O)C(C)(C)[C@@H]5C[C@H](O)[C@]43C)[C@H]21. The number of allylic oxidation sites excluding steroid dienone is 1. The lowest BCUT2D eigenvalue weighted by Gasteiger charge is -2.73. The maximum absolute atomic E-state index is 12.0. The van der Waals surface area contributed by atoms with Crippen LogP contribution in [0.4, 0.5) is 0 Å². The molecule has 0 aromatic rings. The molecule has 0 heterocycles. The fourth-order valence-corrected chi connectivity index (χ4v) is 11.1. The van der Waals surface area contributed by atoms with Crippen LogP contribution in [0.2, 0.25) is 0 Å².